The van der Waals surface area contributed by atoms with Crippen molar-refractivity contribution in [3.8, 4) is 0 Å². The molecule has 2 aromatic rings. The van der Waals surface area contributed by atoms with Crippen LogP contribution in [0.25, 0.3) is 0 Å². The summed E-state index contributed by atoms with van der Waals surface area (Å²) in [4.78, 5) is 10.7. The van der Waals surface area contributed by atoms with Gasteiger partial charge in [-0.2, -0.15) is 0 Å². The molecule has 0 saturated carbocycles. The van der Waals surface area contributed by atoms with Crippen molar-refractivity contribution in [2.45, 2.75) is 18.1 Å². The van der Waals surface area contributed by atoms with Crippen molar-refractivity contribution in [2.24, 2.45) is 0 Å². The molecule has 0 saturated heterocycles. The molecule has 6 nitrogen and oxygen atoms in total. The first kappa shape index (κ1) is 15.6. The molecule has 112 valence electrons. The Morgan fingerprint density at radius 2 is 2.05 bits per heavy atom. The predicted octanol–water partition coefficient (Wildman–Crippen LogP) is 2.67. The standard InChI is InChI=1S/C13H12ClNO5S/c1-8(9-3-2-4-10(14)7-9)15-21(18,19)12-6-5-11(20-12)13(16)17/h2-8,15H,1H3,(H,16,17). The van der Waals surface area contributed by atoms with E-state index < -0.39 is 32.9 Å². The maximum Gasteiger partial charge on any atom is 0.371 e. The lowest BCUT2D eigenvalue weighted by Crippen LogP contribution is -2.26. The van der Waals surface area contributed by atoms with E-state index >= 15 is 0 Å². The molecule has 1 unspecified atom stereocenters. The van der Waals surface area contributed by atoms with E-state index in [9.17, 15) is 13.2 Å². The zero-order chi connectivity index (χ0) is 15.6. The van der Waals surface area contributed by atoms with Gasteiger partial charge in [-0.05, 0) is 36.8 Å². The summed E-state index contributed by atoms with van der Waals surface area (Å²) in [5.74, 6) is -1.77. The molecule has 0 aliphatic heterocycles. The minimum Gasteiger partial charge on any atom is -0.475 e. The normalized spacial score (nSPS) is 13.0. The Morgan fingerprint density at radius 3 is 2.62 bits per heavy atom. The first-order valence-electron chi connectivity index (χ1n) is 5.90. The van der Waals surface area contributed by atoms with E-state index in [1.807, 2.05) is 0 Å². The molecule has 0 fully saturated rings. The Labute approximate surface area is 126 Å². The highest BCUT2D eigenvalue weighted by Gasteiger charge is 2.23. The number of furan rings is 1. The molecule has 2 N–H and O–H groups in total. The lowest BCUT2D eigenvalue weighted by Gasteiger charge is -2.13. The van der Waals surface area contributed by atoms with Crippen molar-refractivity contribution in [2.75, 3.05) is 0 Å². The van der Waals surface area contributed by atoms with Crippen LogP contribution in [0, 0.1) is 0 Å². The highest BCUT2D eigenvalue weighted by Crippen LogP contribution is 2.21. The van der Waals surface area contributed by atoms with Crippen LogP contribution in [0.1, 0.15) is 29.1 Å². The van der Waals surface area contributed by atoms with Gasteiger partial charge < -0.3 is 9.52 Å². The third-order valence-electron chi connectivity index (χ3n) is 2.74. The van der Waals surface area contributed by atoms with Crippen molar-refractivity contribution in [1.82, 2.24) is 4.72 Å². The fourth-order valence-corrected chi connectivity index (χ4v) is 3.08. The Kier molecular flexibility index (Phi) is 4.36. The number of halogens is 1. The number of nitrogens with one attached hydrogen (secondary N) is 1. The van der Waals surface area contributed by atoms with Gasteiger partial charge in [-0.15, -0.1) is 0 Å². The molecule has 0 bridgehead atoms. The van der Waals surface area contributed by atoms with Gasteiger partial charge in [0, 0.05) is 11.1 Å². The van der Waals surface area contributed by atoms with Gasteiger partial charge in [-0.1, -0.05) is 23.7 Å². The molecule has 21 heavy (non-hydrogen) atoms. The molecule has 0 spiro atoms. The van der Waals surface area contributed by atoms with E-state index in [-0.39, 0.29) is 0 Å². The zero-order valence-corrected chi connectivity index (χ0v) is 12.5. The van der Waals surface area contributed by atoms with Crippen LogP contribution < -0.4 is 4.72 Å². The number of rotatable bonds is 5. The van der Waals surface area contributed by atoms with Crippen molar-refractivity contribution in [1.29, 1.82) is 0 Å². The molecular weight excluding hydrogens is 318 g/mol. The third kappa shape index (κ3) is 3.63. The maximum atomic E-state index is 12.1. The summed E-state index contributed by atoms with van der Waals surface area (Å²) >= 11 is 5.85. The van der Waals surface area contributed by atoms with Crippen LogP contribution in [0.2, 0.25) is 5.02 Å². The van der Waals surface area contributed by atoms with Crippen molar-refractivity contribution in [3.05, 3.63) is 52.7 Å². The van der Waals surface area contributed by atoms with Crippen molar-refractivity contribution < 1.29 is 22.7 Å². The Morgan fingerprint density at radius 1 is 1.33 bits per heavy atom. The highest BCUT2D eigenvalue weighted by atomic mass is 35.5. The van der Waals surface area contributed by atoms with Crippen molar-refractivity contribution >= 4 is 27.6 Å². The molecule has 0 radical (unpaired) electrons. The molecule has 0 aliphatic carbocycles. The quantitative estimate of drug-likeness (QED) is 0.879. The summed E-state index contributed by atoms with van der Waals surface area (Å²) in [6, 6.07) is 8.38. The van der Waals surface area contributed by atoms with Gasteiger partial charge in [0.2, 0.25) is 10.9 Å². The smallest absolute Gasteiger partial charge is 0.371 e. The van der Waals surface area contributed by atoms with Gasteiger partial charge in [0.15, 0.2) is 0 Å². The molecule has 1 atom stereocenters. The van der Waals surface area contributed by atoms with E-state index in [2.05, 4.69) is 4.72 Å². The second-order valence-corrected chi connectivity index (χ2v) is 6.40. The summed E-state index contributed by atoms with van der Waals surface area (Å²) < 4.78 is 31.4. The van der Waals surface area contributed by atoms with Gasteiger partial charge in [0.05, 0.1) is 0 Å². The lowest BCUT2D eigenvalue weighted by atomic mass is 10.1. The summed E-state index contributed by atoms with van der Waals surface area (Å²) in [5.41, 5.74) is 0.677. The molecule has 1 aromatic heterocycles. The molecule has 0 amide bonds. The van der Waals surface area contributed by atoms with Crippen LogP contribution in [0.15, 0.2) is 45.9 Å². The van der Waals surface area contributed by atoms with Gasteiger partial charge in [-0.25, -0.2) is 17.9 Å². The van der Waals surface area contributed by atoms with E-state index in [1.54, 1.807) is 31.2 Å². The van der Waals surface area contributed by atoms with Crippen molar-refractivity contribution in [3.63, 3.8) is 0 Å². The number of sulfonamides is 1. The lowest BCUT2D eigenvalue weighted by molar-refractivity contribution is 0.0656. The average Bonchev–Trinajstić information content (AvgIpc) is 2.88. The molecule has 0 aliphatic rings. The zero-order valence-electron chi connectivity index (χ0n) is 10.9. The van der Waals surface area contributed by atoms with Gasteiger partial charge >= 0.3 is 5.97 Å². The number of benzene rings is 1. The monoisotopic (exact) mass is 329 g/mol. The van der Waals surface area contributed by atoms with Crippen LogP contribution in [-0.2, 0) is 10.0 Å². The first-order valence-corrected chi connectivity index (χ1v) is 7.76. The van der Waals surface area contributed by atoms with Crippen LogP contribution in [0.5, 0.6) is 0 Å². The second kappa shape index (κ2) is 5.88. The highest BCUT2D eigenvalue weighted by molar-refractivity contribution is 7.89. The largest absolute Gasteiger partial charge is 0.475 e. The fraction of sp³-hybridized carbons (Fsp3) is 0.154. The summed E-state index contributed by atoms with van der Waals surface area (Å²) in [6.07, 6.45) is 0. The number of carboxylic acid groups (broad SMARTS) is 1. The second-order valence-electron chi connectivity index (χ2n) is 4.32. The third-order valence-corrected chi connectivity index (χ3v) is 4.39. The summed E-state index contributed by atoms with van der Waals surface area (Å²) in [6.45, 7) is 1.64. The predicted molar refractivity (Wildman–Crippen MR) is 75.9 cm³/mol. The number of hydrogen-bond acceptors (Lipinski definition) is 4. The van der Waals surface area contributed by atoms with Gasteiger partial charge in [-0.3, -0.25) is 0 Å². The van der Waals surface area contributed by atoms with E-state index in [0.717, 1.165) is 12.1 Å². The van der Waals surface area contributed by atoms with E-state index in [0.29, 0.717) is 10.6 Å². The molecule has 8 heteroatoms. The number of carbonyl (C=O) groups is 1. The Hall–Kier alpha value is -1.83. The fourth-order valence-electron chi connectivity index (χ4n) is 1.71. The minimum absolute atomic E-state index is 0.439. The maximum absolute atomic E-state index is 12.1. The number of aromatic carboxylic acids is 1. The molecule has 2 rings (SSSR count). The van der Waals surface area contributed by atoms with E-state index in [4.69, 9.17) is 21.1 Å². The number of hydrogen-bond donors (Lipinski definition) is 2. The molecule has 1 heterocycles. The van der Waals surface area contributed by atoms with Crippen LogP contribution in [0.4, 0.5) is 0 Å². The summed E-state index contributed by atoms with van der Waals surface area (Å²) in [7, 11) is -3.96. The Balaban J connectivity index is 2.22. The van der Waals surface area contributed by atoms with Crippen LogP contribution in [-0.4, -0.2) is 19.5 Å². The van der Waals surface area contributed by atoms with Crippen LogP contribution in [0.3, 0.4) is 0 Å². The summed E-state index contributed by atoms with van der Waals surface area (Å²) in [5, 5.41) is 8.77. The SMILES string of the molecule is CC(NS(=O)(=O)c1ccc(C(=O)O)o1)c1cccc(Cl)c1. The first-order chi connectivity index (χ1) is 9.79. The van der Waals surface area contributed by atoms with Gasteiger partial charge in [0.25, 0.3) is 10.0 Å². The Bertz CT molecular complexity index is 768. The molecule has 1 aromatic carbocycles. The molecular formula is C13H12ClNO5S. The topological polar surface area (TPSA) is 96.6 Å². The minimum atomic E-state index is -3.96. The van der Waals surface area contributed by atoms with Crippen LogP contribution >= 0.6 is 11.6 Å². The van der Waals surface area contributed by atoms with Gasteiger partial charge in [0.1, 0.15) is 0 Å². The average molecular weight is 330 g/mol. The number of carboxylic acids is 1. The van der Waals surface area contributed by atoms with E-state index in [1.165, 1.54) is 0 Å².